The van der Waals surface area contributed by atoms with E-state index in [0.717, 1.165) is 11.4 Å². The van der Waals surface area contributed by atoms with E-state index in [1.54, 1.807) is 0 Å². The van der Waals surface area contributed by atoms with E-state index >= 15 is 0 Å². The van der Waals surface area contributed by atoms with Gasteiger partial charge in [0.15, 0.2) is 0 Å². The molecule has 0 aliphatic carbocycles. The minimum atomic E-state index is 1.08. The van der Waals surface area contributed by atoms with Crippen LogP contribution in [0, 0.1) is 0 Å². The van der Waals surface area contributed by atoms with E-state index in [1.165, 1.54) is 54.6 Å². The van der Waals surface area contributed by atoms with Gasteiger partial charge in [-0.3, -0.25) is 0 Å². The first kappa shape index (κ1) is 21.4. The summed E-state index contributed by atoms with van der Waals surface area (Å²) in [4.78, 5) is 0. The molecule has 1 nitrogen and oxygen atoms in total. The van der Waals surface area contributed by atoms with Gasteiger partial charge in [-0.2, -0.15) is 0 Å². The second-order valence-electron chi connectivity index (χ2n) is 9.50. The van der Waals surface area contributed by atoms with E-state index in [4.69, 9.17) is 0 Å². The van der Waals surface area contributed by atoms with Gasteiger partial charge in [-0.05, 0) is 78.8 Å². The Balaban J connectivity index is 1.19. The van der Waals surface area contributed by atoms with E-state index in [1.807, 2.05) is 0 Å². The molecule has 0 fully saturated rings. The van der Waals surface area contributed by atoms with Crippen LogP contribution in [0.5, 0.6) is 0 Å². The van der Waals surface area contributed by atoms with Crippen molar-refractivity contribution in [2.24, 2.45) is 0 Å². The number of anilines is 2. The fourth-order valence-corrected chi connectivity index (χ4v) is 5.38. The smallest absolute Gasteiger partial charge is 0.0390 e. The first-order valence-electron chi connectivity index (χ1n) is 12.7. The SMILES string of the molecule is c1ccc(-c2ccc(-c3ccc(Nc4ccc5c6ccccc6c6ccccc6c5c4)cc3)cc2)cc1. The molecule has 0 aliphatic heterocycles. The zero-order chi connectivity index (χ0) is 24.6. The van der Waals surface area contributed by atoms with Crippen LogP contribution in [0.4, 0.5) is 11.4 Å². The Kier molecular flexibility index (Phi) is 5.19. The van der Waals surface area contributed by atoms with Crippen molar-refractivity contribution in [2.75, 3.05) is 5.32 Å². The Morgan fingerprint density at radius 2 is 0.649 bits per heavy atom. The van der Waals surface area contributed by atoms with Gasteiger partial charge in [0.2, 0.25) is 0 Å². The van der Waals surface area contributed by atoms with Gasteiger partial charge in [0.05, 0.1) is 0 Å². The van der Waals surface area contributed by atoms with Crippen LogP contribution in [0.15, 0.2) is 146 Å². The number of hydrogen-bond acceptors (Lipinski definition) is 1. The minimum Gasteiger partial charge on any atom is -0.356 e. The van der Waals surface area contributed by atoms with Crippen LogP contribution in [0.1, 0.15) is 0 Å². The summed E-state index contributed by atoms with van der Waals surface area (Å²) in [6.45, 7) is 0. The van der Waals surface area contributed by atoms with Crippen LogP contribution in [-0.4, -0.2) is 0 Å². The molecule has 0 saturated carbocycles. The summed E-state index contributed by atoms with van der Waals surface area (Å²) in [6, 6.07) is 52.1. The van der Waals surface area contributed by atoms with E-state index in [0.29, 0.717) is 0 Å². The van der Waals surface area contributed by atoms with Crippen molar-refractivity contribution < 1.29 is 0 Å². The second-order valence-corrected chi connectivity index (χ2v) is 9.50. The molecule has 7 rings (SSSR count). The standard InChI is InChI=1S/C36H25N/c1-2-8-25(9-3-1)26-14-16-27(17-15-26)28-18-20-29(21-19-28)37-30-22-23-35-33-12-5-4-10-31(33)32-11-6-7-13-34(32)36(35)24-30/h1-24,37H. The van der Waals surface area contributed by atoms with E-state index in [-0.39, 0.29) is 0 Å². The molecule has 0 unspecified atom stereocenters. The Morgan fingerprint density at radius 1 is 0.270 bits per heavy atom. The van der Waals surface area contributed by atoms with Crippen LogP contribution in [0.3, 0.4) is 0 Å². The fraction of sp³-hybridized carbons (Fsp3) is 0. The number of fused-ring (bicyclic) bond motifs is 6. The number of nitrogens with one attached hydrogen (secondary N) is 1. The Labute approximate surface area is 216 Å². The van der Waals surface area contributed by atoms with Crippen LogP contribution >= 0.6 is 0 Å². The average molecular weight is 472 g/mol. The molecule has 0 atom stereocenters. The van der Waals surface area contributed by atoms with Gasteiger partial charge in [-0.15, -0.1) is 0 Å². The molecule has 0 amide bonds. The van der Waals surface area contributed by atoms with Gasteiger partial charge >= 0.3 is 0 Å². The molecule has 1 N–H and O–H groups in total. The van der Waals surface area contributed by atoms with Gasteiger partial charge in [-0.1, -0.05) is 121 Å². The third-order valence-electron chi connectivity index (χ3n) is 7.24. The number of benzene rings is 7. The molecule has 174 valence electrons. The van der Waals surface area contributed by atoms with Crippen molar-refractivity contribution in [2.45, 2.75) is 0 Å². The number of rotatable bonds is 4. The lowest BCUT2D eigenvalue weighted by Crippen LogP contribution is -1.91. The van der Waals surface area contributed by atoms with Crippen molar-refractivity contribution in [3.63, 3.8) is 0 Å². The van der Waals surface area contributed by atoms with Gasteiger partial charge in [-0.25, -0.2) is 0 Å². The molecule has 1 heteroatoms. The van der Waals surface area contributed by atoms with Gasteiger partial charge in [0.1, 0.15) is 0 Å². The molecule has 0 heterocycles. The lowest BCUT2D eigenvalue weighted by Gasteiger charge is -2.13. The highest BCUT2D eigenvalue weighted by molar-refractivity contribution is 6.25. The maximum atomic E-state index is 3.62. The van der Waals surface area contributed by atoms with Crippen LogP contribution in [0.2, 0.25) is 0 Å². The van der Waals surface area contributed by atoms with Gasteiger partial charge in [0, 0.05) is 11.4 Å². The molecule has 0 spiro atoms. The van der Waals surface area contributed by atoms with Crippen LogP contribution in [-0.2, 0) is 0 Å². The Bertz CT molecular complexity index is 1830. The predicted molar refractivity (Wildman–Crippen MR) is 160 cm³/mol. The fourth-order valence-electron chi connectivity index (χ4n) is 5.38. The lowest BCUT2D eigenvalue weighted by molar-refractivity contribution is 1.55. The summed E-state index contributed by atoms with van der Waals surface area (Å²) in [5.74, 6) is 0. The highest BCUT2D eigenvalue weighted by atomic mass is 14.9. The molecule has 37 heavy (non-hydrogen) atoms. The first-order valence-corrected chi connectivity index (χ1v) is 12.7. The molecule has 7 aromatic carbocycles. The van der Waals surface area contributed by atoms with Crippen LogP contribution in [0.25, 0.3) is 54.6 Å². The van der Waals surface area contributed by atoms with E-state index in [2.05, 4.69) is 151 Å². The predicted octanol–water partition coefficient (Wildman–Crippen LogP) is 10.2. The zero-order valence-electron chi connectivity index (χ0n) is 20.4. The average Bonchev–Trinajstić information content (AvgIpc) is 2.98. The molecule has 0 aromatic heterocycles. The molecule has 0 aliphatic rings. The van der Waals surface area contributed by atoms with Crippen molar-refractivity contribution in [1.82, 2.24) is 0 Å². The van der Waals surface area contributed by atoms with Crippen molar-refractivity contribution in [1.29, 1.82) is 0 Å². The van der Waals surface area contributed by atoms with Gasteiger partial charge < -0.3 is 5.32 Å². The topological polar surface area (TPSA) is 12.0 Å². The molecule has 0 bridgehead atoms. The molecule has 0 saturated heterocycles. The summed E-state index contributed by atoms with van der Waals surface area (Å²) in [7, 11) is 0. The maximum Gasteiger partial charge on any atom is 0.0390 e. The summed E-state index contributed by atoms with van der Waals surface area (Å²) < 4.78 is 0. The van der Waals surface area contributed by atoms with Crippen molar-refractivity contribution >= 4 is 43.7 Å². The maximum absolute atomic E-state index is 3.62. The monoisotopic (exact) mass is 471 g/mol. The lowest BCUT2D eigenvalue weighted by atomic mass is 9.94. The Morgan fingerprint density at radius 3 is 1.19 bits per heavy atom. The Hall–Kier alpha value is -4.88. The first-order chi connectivity index (χ1) is 18.3. The van der Waals surface area contributed by atoms with Crippen LogP contribution < -0.4 is 5.32 Å². The summed E-state index contributed by atoms with van der Waals surface area (Å²) in [5.41, 5.74) is 7.07. The minimum absolute atomic E-state index is 1.08. The van der Waals surface area contributed by atoms with Crippen molar-refractivity contribution in [3.8, 4) is 22.3 Å². The third-order valence-corrected chi connectivity index (χ3v) is 7.24. The highest BCUT2D eigenvalue weighted by Crippen LogP contribution is 2.36. The van der Waals surface area contributed by atoms with E-state index in [9.17, 15) is 0 Å². The van der Waals surface area contributed by atoms with Gasteiger partial charge in [0.25, 0.3) is 0 Å². The largest absolute Gasteiger partial charge is 0.356 e. The molecular formula is C36H25N. The highest BCUT2D eigenvalue weighted by Gasteiger charge is 2.09. The number of hydrogen-bond donors (Lipinski definition) is 1. The summed E-state index contributed by atoms with van der Waals surface area (Å²) in [6.07, 6.45) is 0. The summed E-state index contributed by atoms with van der Waals surface area (Å²) in [5, 5.41) is 11.4. The second kappa shape index (κ2) is 8.96. The normalized spacial score (nSPS) is 11.2. The zero-order valence-corrected chi connectivity index (χ0v) is 20.4. The third kappa shape index (κ3) is 3.91. The van der Waals surface area contributed by atoms with E-state index < -0.39 is 0 Å². The quantitative estimate of drug-likeness (QED) is 0.252. The molecular weight excluding hydrogens is 446 g/mol. The molecule has 7 aromatic rings. The van der Waals surface area contributed by atoms with Crippen molar-refractivity contribution in [3.05, 3.63) is 146 Å². The molecule has 0 radical (unpaired) electrons. The summed E-state index contributed by atoms with van der Waals surface area (Å²) >= 11 is 0.